The number of aromatic nitrogens is 2. The zero-order chi connectivity index (χ0) is 17.2. The summed E-state index contributed by atoms with van der Waals surface area (Å²) >= 11 is 6.09. The van der Waals surface area contributed by atoms with Crippen molar-refractivity contribution in [2.45, 2.75) is 25.2 Å². The highest BCUT2D eigenvalue weighted by molar-refractivity contribution is 7.89. The molecule has 23 heavy (non-hydrogen) atoms. The molecule has 0 saturated heterocycles. The fourth-order valence-corrected chi connectivity index (χ4v) is 3.19. The number of benzene rings is 1. The molecule has 124 valence electrons. The van der Waals surface area contributed by atoms with Crippen LogP contribution in [-0.2, 0) is 23.5 Å². The standard InChI is InChI=1S/C14H17ClN4O3S/c1-4-11-12(15)13(19(3)17-11)14(20)16-18-23(21,22)10-7-5-9(2)6-8-10/h5-8,18H,4H2,1-3H3,(H,16,20). The molecule has 0 bridgehead atoms. The van der Waals surface area contributed by atoms with E-state index in [9.17, 15) is 13.2 Å². The lowest BCUT2D eigenvalue weighted by Crippen LogP contribution is -2.42. The van der Waals surface area contributed by atoms with E-state index in [2.05, 4.69) is 10.5 Å². The second kappa shape index (κ2) is 6.69. The van der Waals surface area contributed by atoms with Crippen molar-refractivity contribution in [3.8, 4) is 0 Å². The third kappa shape index (κ3) is 3.72. The van der Waals surface area contributed by atoms with E-state index in [4.69, 9.17) is 11.6 Å². The molecule has 0 atom stereocenters. The van der Waals surface area contributed by atoms with Crippen molar-refractivity contribution in [2.75, 3.05) is 0 Å². The van der Waals surface area contributed by atoms with Gasteiger partial charge in [0.1, 0.15) is 5.69 Å². The van der Waals surface area contributed by atoms with Gasteiger partial charge in [-0.05, 0) is 25.5 Å². The summed E-state index contributed by atoms with van der Waals surface area (Å²) in [7, 11) is -2.30. The second-order valence-corrected chi connectivity index (χ2v) is 7.02. The Kier molecular flexibility index (Phi) is 5.08. The fourth-order valence-electron chi connectivity index (χ4n) is 1.98. The number of aryl methyl sites for hydroxylation is 3. The maximum absolute atomic E-state index is 12.2. The predicted molar refractivity (Wildman–Crippen MR) is 86.6 cm³/mol. The summed E-state index contributed by atoms with van der Waals surface area (Å²) in [6.07, 6.45) is 0.565. The van der Waals surface area contributed by atoms with Gasteiger partial charge in [-0.1, -0.05) is 36.2 Å². The van der Waals surface area contributed by atoms with E-state index < -0.39 is 15.9 Å². The Morgan fingerprint density at radius 1 is 1.30 bits per heavy atom. The van der Waals surface area contributed by atoms with Gasteiger partial charge in [0, 0.05) is 7.05 Å². The average molecular weight is 357 g/mol. The number of carbonyl (C=O) groups is 1. The van der Waals surface area contributed by atoms with E-state index in [0.29, 0.717) is 12.1 Å². The fraction of sp³-hybridized carbons (Fsp3) is 0.286. The van der Waals surface area contributed by atoms with Gasteiger partial charge in [0.15, 0.2) is 0 Å². The SMILES string of the molecule is CCc1nn(C)c(C(=O)NNS(=O)(=O)c2ccc(C)cc2)c1Cl. The molecule has 9 heteroatoms. The summed E-state index contributed by atoms with van der Waals surface area (Å²) in [5, 5.41) is 4.32. The van der Waals surface area contributed by atoms with Gasteiger partial charge in [-0.25, -0.2) is 8.42 Å². The molecule has 1 aromatic heterocycles. The number of carbonyl (C=O) groups excluding carboxylic acids is 1. The molecule has 1 amide bonds. The Labute approximate surface area is 139 Å². The van der Waals surface area contributed by atoms with Gasteiger partial charge < -0.3 is 0 Å². The van der Waals surface area contributed by atoms with Crippen LogP contribution in [0.1, 0.15) is 28.7 Å². The topological polar surface area (TPSA) is 93.1 Å². The van der Waals surface area contributed by atoms with Crippen LogP contribution >= 0.6 is 11.6 Å². The van der Waals surface area contributed by atoms with Crippen molar-refractivity contribution in [3.63, 3.8) is 0 Å². The van der Waals surface area contributed by atoms with Gasteiger partial charge in [-0.2, -0.15) is 5.10 Å². The quantitative estimate of drug-likeness (QED) is 0.795. The average Bonchev–Trinajstić information content (AvgIpc) is 2.79. The van der Waals surface area contributed by atoms with Crippen LogP contribution in [0, 0.1) is 6.92 Å². The molecular formula is C14H17ClN4O3S. The van der Waals surface area contributed by atoms with Gasteiger partial charge in [-0.15, -0.1) is 4.83 Å². The highest BCUT2D eigenvalue weighted by Crippen LogP contribution is 2.20. The highest BCUT2D eigenvalue weighted by Gasteiger charge is 2.22. The highest BCUT2D eigenvalue weighted by atomic mass is 35.5. The third-order valence-corrected chi connectivity index (χ3v) is 4.90. The van der Waals surface area contributed by atoms with Crippen LogP contribution in [0.25, 0.3) is 0 Å². The number of amides is 1. The summed E-state index contributed by atoms with van der Waals surface area (Å²) in [6.45, 7) is 3.71. The Hall–Kier alpha value is -1.90. The molecule has 2 rings (SSSR count). The van der Waals surface area contributed by atoms with Gasteiger partial charge in [-0.3, -0.25) is 14.9 Å². The van der Waals surface area contributed by atoms with E-state index in [0.717, 1.165) is 5.56 Å². The minimum Gasteiger partial charge on any atom is -0.272 e. The largest absolute Gasteiger partial charge is 0.286 e. The van der Waals surface area contributed by atoms with E-state index in [1.54, 1.807) is 19.2 Å². The first-order valence-corrected chi connectivity index (χ1v) is 8.72. The summed E-state index contributed by atoms with van der Waals surface area (Å²) in [4.78, 5) is 14.3. The van der Waals surface area contributed by atoms with Crippen LogP contribution in [0.2, 0.25) is 5.02 Å². The number of hydrogen-bond donors (Lipinski definition) is 2. The Balaban J connectivity index is 2.16. The zero-order valence-electron chi connectivity index (χ0n) is 12.9. The van der Waals surface area contributed by atoms with Gasteiger partial charge >= 0.3 is 0 Å². The normalized spacial score (nSPS) is 11.5. The Morgan fingerprint density at radius 3 is 2.43 bits per heavy atom. The number of nitrogens with one attached hydrogen (secondary N) is 2. The van der Waals surface area contributed by atoms with E-state index in [-0.39, 0.29) is 15.6 Å². The van der Waals surface area contributed by atoms with Crippen molar-refractivity contribution < 1.29 is 13.2 Å². The van der Waals surface area contributed by atoms with Crippen LogP contribution in [-0.4, -0.2) is 24.1 Å². The smallest absolute Gasteiger partial charge is 0.272 e. The lowest BCUT2D eigenvalue weighted by atomic mass is 10.2. The van der Waals surface area contributed by atoms with Crippen molar-refractivity contribution in [1.82, 2.24) is 20.0 Å². The molecule has 0 aliphatic heterocycles. The predicted octanol–water partition coefficient (Wildman–Crippen LogP) is 1.57. The minimum absolute atomic E-state index is 0.0498. The molecule has 0 aliphatic carbocycles. The number of halogens is 1. The third-order valence-electron chi connectivity index (χ3n) is 3.24. The maximum Gasteiger partial charge on any atom is 0.286 e. The molecule has 0 spiro atoms. The zero-order valence-corrected chi connectivity index (χ0v) is 14.5. The van der Waals surface area contributed by atoms with Crippen LogP contribution < -0.4 is 10.3 Å². The first kappa shape index (κ1) is 17.5. The van der Waals surface area contributed by atoms with E-state index in [1.165, 1.54) is 16.8 Å². The van der Waals surface area contributed by atoms with Crippen LogP contribution in [0.5, 0.6) is 0 Å². The lowest BCUT2D eigenvalue weighted by molar-refractivity contribution is 0.0936. The van der Waals surface area contributed by atoms with Crippen molar-refractivity contribution >= 4 is 27.5 Å². The first-order valence-electron chi connectivity index (χ1n) is 6.86. The van der Waals surface area contributed by atoms with Gasteiger partial charge in [0.25, 0.3) is 15.9 Å². The summed E-state index contributed by atoms with van der Waals surface area (Å²) in [5.41, 5.74) is 3.74. The summed E-state index contributed by atoms with van der Waals surface area (Å²) in [5.74, 6) is -0.680. The van der Waals surface area contributed by atoms with Crippen molar-refractivity contribution in [1.29, 1.82) is 0 Å². The molecule has 1 heterocycles. The van der Waals surface area contributed by atoms with E-state index >= 15 is 0 Å². The molecule has 0 saturated carbocycles. The molecule has 0 radical (unpaired) electrons. The van der Waals surface area contributed by atoms with Crippen LogP contribution in [0.4, 0.5) is 0 Å². The number of rotatable bonds is 5. The molecule has 7 nitrogen and oxygen atoms in total. The Bertz CT molecular complexity index is 828. The first-order chi connectivity index (χ1) is 10.8. The van der Waals surface area contributed by atoms with Gasteiger partial charge in [0.05, 0.1) is 15.6 Å². The van der Waals surface area contributed by atoms with Crippen LogP contribution in [0.3, 0.4) is 0 Å². The maximum atomic E-state index is 12.2. The molecule has 2 N–H and O–H groups in total. The number of hydrogen-bond acceptors (Lipinski definition) is 4. The summed E-state index contributed by atoms with van der Waals surface area (Å²) < 4.78 is 25.6. The molecule has 0 aliphatic rings. The number of nitrogens with zero attached hydrogens (tertiary/aromatic N) is 2. The minimum atomic E-state index is -3.86. The van der Waals surface area contributed by atoms with Crippen molar-refractivity contribution in [2.24, 2.45) is 7.05 Å². The monoisotopic (exact) mass is 356 g/mol. The van der Waals surface area contributed by atoms with Gasteiger partial charge in [0.2, 0.25) is 0 Å². The van der Waals surface area contributed by atoms with Crippen molar-refractivity contribution in [3.05, 3.63) is 46.2 Å². The molecule has 1 aromatic carbocycles. The molecule has 0 unspecified atom stereocenters. The second-order valence-electron chi connectivity index (χ2n) is 4.96. The number of hydrazine groups is 1. The summed E-state index contributed by atoms with van der Waals surface area (Å²) in [6, 6.07) is 6.25. The van der Waals surface area contributed by atoms with E-state index in [1.807, 2.05) is 18.7 Å². The molecule has 0 fully saturated rings. The Morgan fingerprint density at radius 2 is 1.91 bits per heavy atom. The lowest BCUT2D eigenvalue weighted by Gasteiger charge is -2.09. The molecular weight excluding hydrogens is 340 g/mol. The molecule has 2 aromatic rings. The van der Waals surface area contributed by atoms with Crippen LogP contribution in [0.15, 0.2) is 29.2 Å². The number of sulfonamides is 1.